The average Bonchev–Trinajstić information content (AvgIpc) is 3.45. The predicted octanol–water partition coefficient (Wildman–Crippen LogP) is 6.22. The predicted molar refractivity (Wildman–Crippen MR) is 143 cm³/mol. The zero-order chi connectivity index (χ0) is 27.0. The molecule has 3 aromatic heterocycles. The molecule has 194 valence electrons. The van der Waals surface area contributed by atoms with Gasteiger partial charge in [-0.25, -0.2) is 18.3 Å². The maximum absolute atomic E-state index is 14.0. The molecule has 0 fully saturated rings. The Balaban J connectivity index is 1.49. The molecule has 5 aromatic rings. The monoisotopic (exact) mass is 580 g/mol. The average molecular weight is 581 g/mol. The number of hydrogen-bond acceptors (Lipinski definition) is 5. The molecule has 1 amide bonds. The summed E-state index contributed by atoms with van der Waals surface area (Å²) in [6, 6.07) is 16.0. The lowest BCUT2D eigenvalue weighted by Gasteiger charge is -2.10. The molecule has 0 saturated heterocycles. The van der Waals surface area contributed by atoms with E-state index in [1.807, 2.05) is 31.2 Å². The van der Waals surface area contributed by atoms with Crippen LogP contribution in [0.25, 0.3) is 16.9 Å². The SMILES string of the molecule is COc1ccc(-c2cc(C(F)F)n3ncc(C(=O)Nc4c(C)nn(Cc5ccc(Br)cc5)c4C)c3n2)cc1. The summed E-state index contributed by atoms with van der Waals surface area (Å²) in [6.07, 6.45) is -1.58. The van der Waals surface area contributed by atoms with Crippen molar-refractivity contribution in [3.8, 4) is 17.0 Å². The number of ether oxygens (including phenoxy) is 1. The van der Waals surface area contributed by atoms with Crippen molar-refractivity contribution in [1.82, 2.24) is 24.4 Å². The second-order valence-electron chi connectivity index (χ2n) is 8.67. The highest BCUT2D eigenvalue weighted by molar-refractivity contribution is 9.10. The molecule has 2 aromatic carbocycles. The van der Waals surface area contributed by atoms with Crippen LogP contribution in [0, 0.1) is 13.8 Å². The summed E-state index contributed by atoms with van der Waals surface area (Å²) in [5.74, 6) is 0.105. The molecule has 38 heavy (non-hydrogen) atoms. The minimum absolute atomic E-state index is 0.0312. The van der Waals surface area contributed by atoms with E-state index < -0.39 is 12.3 Å². The lowest BCUT2D eigenvalue weighted by Crippen LogP contribution is -2.14. The van der Waals surface area contributed by atoms with Gasteiger partial charge in [0.2, 0.25) is 0 Å². The second-order valence-corrected chi connectivity index (χ2v) is 9.59. The van der Waals surface area contributed by atoms with Crippen LogP contribution in [-0.2, 0) is 6.54 Å². The van der Waals surface area contributed by atoms with Gasteiger partial charge in [0.25, 0.3) is 12.3 Å². The molecule has 0 radical (unpaired) electrons. The van der Waals surface area contributed by atoms with E-state index in [1.165, 1.54) is 12.3 Å². The first-order chi connectivity index (χ1) is 18.2. The summed E-state index contributed by atoms with van der Waals surface area (Å²) in [4.78, 5) is 17.9. The third-order valence-electron chi connectivity index (χ3n) is 6.22. The summed E-state index contributed by atoms with van der Waals surface area (Å²) in [6.45, 7) is 4.18. The lowest BCUT2D eigenvalue weighted by atomic mass is 10.1. The Labute approximate surface area is 225 Å². The molecule has 0 bridgehead atoms. The molecule has 0 aliphatic rings. The van der Waals surface area contributed by atoms with E-state index in [9.17, 15) is 13.6 Å². The number of hydrogen-bond donors (Lipinski definition) is 1. The second kappa shape index (κ2) is 10.3. The summed E-state index contributed by atoms with van der Waals surface area (Å²) < 4.78 is 36.9. The highest BCUT2D eigenvalue weighted by atomic mass is 79.9. The molecule has 3 heterocycles. The van der Waals surface area contributed by atoms with Crippen LogP contribution in [0.5, 0.6) is 5.75 Å². The maximum atomic E-state index is 14.0. The van der Waals surface area contributed by atoms with E-state index >= 15 is 0 Å². The molecule has 0 aliphatic heterocycles. The van der Waals surface area contributed by atoms with Gasteiger partial charge in [-0.05, 0) is 61.9 Å². The van der Waals surface area contributed by atoms with Crippen molar-refractivity contribution in [2.45, 2.75) is 26.8 Å². The van der Waals surface area contributed by atoms with Crippen molar-refractivity contribution < 1.29 is 18.3 Å². The zero-order valence-corrected chi connectivity index (χ0v) is 22.3. The fraction of sp³-hybridized carbons (Fsp3) is 0.185. The van der Waals surface area contributed by atoms with Crippen LogP contribution in [-0.4, -0.2) is 37.4 Å². The van der Waals surface area contributed by atoms with Crippen LogP contribution in [0.4, 0.5) is 14.5 Å². The first kappa shape index (κ1) is 25.5. The number of anilines is 1. The molecule has 0 aliphatic carbocycles. The molecular weight excluding hydrogens is 558 g/mol. The summed E-state index contributed by atoms with van der Waals surface area (Å²) >= 11 is 3.43. The fourth-order valence-electron chi connectivity index (χ4n) is 4.19. The van der Waals surface area contributed by atoms with Gasteiger partial charge < -0.3 is 10.1 Å². The van der Waals surface area contributed by atoms with Gasteiger partial charge >= 0.3 is 0 Å². The van der Waals surface area contributed by atoms with Crippen molar-refractivity contribution >= 4 is 33.2 Å². The molecule has 0 spiro atoms. The number of nitrogens with one attached hydrogen (secondary N) is 1. The molecule has 0 atom stereocenters. The Kier molecular flexibility index (Phi) is 6.94. The van der Waals surface area contributed by atoms with Crippen LogP contribution in [0.1, 0.15) is 39.4 Å². The molecule has 8 nitrogen and oxygen atoms in total. The molecule has 1 N–H and O–H groups in total. The van der Waals surface area contributed by atoms with Gasteiger partial charge in [-0.2, -0.15) is 10.2 Å². The van der Waals surface area contributed by atoms with Crippen molar-refractivity contribution in [2.75, 3.05) is 12.4 Å². The van der Waals surface area contributed by atoms with Gasteiger partial charge in [-0.3, -0.25) is 9.48 Å². The Morgan fingerprint density at radius 3 is 2.47 bits per heavy atom. The number of amides is 1. The Morgan fingerprint density at radius 1 is 1.11 bits per heavy atom. The molecule has 0 unspecified atom stereocenters. The molecule has 11 heteroatoms. The van der Waals surface area contributed by atoms with Crippen LogP contribution in [0.15, 0.2) is 65.3 Å². The highest BCUT2D eigenvalue weighted by Crippen LogP contribution is 2.29. The van der Waals surface area contributed by atoms with E-state index in [0.717, 1.165) is 20.2 Å². The van der Waals surface area contributed by atoms with Crippen LogP contribution >= 0.6 is 15.9 Å². The van der Waals surface area contributed by atoms with E-state index in [-0.39, 0.29) is 16.9 Å². The minimum atomic E-state index is -2.82. The zero-order valence-electron chi connectivity index (χ0n) is 20.7. The quantitative estimate of drug-likeness (QED) is 0.247. The lowest BCUT2D eigenvalue weighted by molar-refractivity contribution is 0.102. The van der Waals surface area contributed by atoms with Crippen molar-refractivity contribution in [1.29, 1.82) is 0 Å². The van der Waals surface area contributed by atoms with Gasteiger partial charge in [0.15, 0.2) is 5.65 Å². The number of carbonyl (C=O) groups is 1. The van der Waals surface area contributed by atoms with Crippen LogP contribution in [0.3, 0.4) is 0 Å². The normalized spacial score (nSPS) is 11.3. The van der Waals surface area contributed by atoms with Gasteiger partial charge in [0.1, 0.15) is 17.0 Å². The van der Waals surface area contributed by atoms with Gasteiger partial charge in [-0.15, -0.1) is 0 Å². The van der Waals surface area contributed by atoms with Gasteiger partial charge in [0, 0.05) is 10.0 Å². The molecule has 5 rings (SSSR count). The number of aromatic nitrogens is 5. The third-order valence-corrected chi connectivity index (χ3v) is 6.75. The van der Waals surface area contributed by atoms with E-state index in [0.29, 0.717) is 34.9 Å². The van der Waals surface area contributed by atoms with Gasteiger partial charge in [-0.1, -0.05) is 28.1 Å². The third kappa shape index (κ3) is 4.89. The first-order valence-electron chi connectivity index (χ1n) is 11.7. The van der Waals surface area contributed by atoms with Crippen LogP contribution < -0.4 is 10.1 Å². The first-order valence-corrected chi connectivity index (χ1v) is 12.5. The Hall–Kier alpha value is -4.12. The Bertz CT molecular complexity index is 1630. The molecular formula is C27H23BrF2N6O2. The smallest absolute Gasteiger partial charge is 0.280 e. The minimum Gasteiger partial charge on any atom is -0.497 e. The number of benzene rings is 2. The van der Waals surface area contributed by atoms with Crippen LogP contribution in [0.2, 0.25) is 0 Å². The van der Waals surface area contributed by atoms with Gasteiger partial charge in [0.05, 0.1) is 42.6 Å². The Morgan fingerprint density at radius 2 is 1.82 bits per heavy atom. The summed E-state index contributed by atoms with van der Waals surface area (Å²) in [5, 5.41) is 11.5. The number of methoxy groups -OCH3 is 1. The number of nitrogens with zero attached hydrogens (tertiary/aromatic N) is 5. The summed E-state index contributed by atoms with van der Waals surface area (Å²) in [5.41, 5.74) is 3.62. The highest BCUT2D eigenvalue weighted by Gasteiger charge is 2.23. The number of fused-ring (bicyclic) bond motifs is 1. The standard InChI is InChI=1S/C27H23BrF2N6O2/c1-15-24(16(2)35(34-15)14-17-4-8-19(28)9-5-17)33-27(37)21-13-31-36-23(25(29)30)12-22(32-26(21)36)18-6-10-20(38-3)11-7-18/h4-13,25H,14H2,1-3H3,(H,33,37). The maximum Gasteiger partial charge on any atom is 0.280 e. The van der Waals surface area contributed by atoms with E-state index in [1.54, 1.807) is 43.0 Å². The van der Waals surface area contributed by atoms with E-state index in [4.69, 9.17) is 4.74 Å². The molecule has 0 saturated carbocycles. The number of alkyl halides is 2. The van der Waals surface area contributed by atoms with Crippen molar-refractivity contribution in [3.05, 3.63) is 93.5 Å². The van der Waals surface area contributed by atoms with Crippen molar-refractivity contribution in [3.63, 3.8) is 0 Å². The number of aryl methyl sites for hydroxylation is 1. The number of carbonyl (C=O) groups excluding carboxylic acids is 1. The fourth-order valence-corrected chi connectivity index (χ4v) is 4.45. The van der Waals surface area contributed by atoms with E-state index in [2.05, 4.69) is 36.4 Å². The van der Waals surface area contributed by atoms with Crippen molar-refractivity contribution in [2.24, 2.45) is 0 Å². The summed E-state index contributed by atoms with van der Waals surface area (Å²) in [7, 11) is 1.54. The topological polar surface area (TPSA) is 86.3 Å². The number of rotatable bonds is 7. The number of halogens is 3. The largest absolute Gasteiger partial charge is 0.497 e.